The second-order valence-electron chi connectivity index (χ2n) is 4.88. The van der Waals surface area contributed by atoms with Crippen LogP contribution in [0.2, 0.25) is 0 Å². The molecule has 1 fully saturated rings. The van der Waals surface area contributed by atoms with Gasteiger partial charge in [0.1, 0.15) is 0 Å². The molecule has 0 aromatic heterocycles. The van der Waals surface area contributed by atoms with Gasteiger partial charge in [0.25, 0.3) is 0 Å². The number of piperazine rings is 1. The van der Waals surface area contributed by atoms with Gasteiger partial charge < -0.3 is 5.32 Å². The van der Waals surface area contributed by atoms with Gasteiger partial charge in [-0.25, -0.2) is 0 Å². The highest BCUT2D eigenvalue weighted by atomic mass is 19.4. The Hall–Kier alpha value is -0.330. The summed E-state index contributed by atoms with van der Waals surface area (Å²) in [5, 5.41) is 3.38. The highest BCUT2D eigenvalue weighted by Gasteiger charge is 2.29. The number of hydrogen-bond acceptors (Lipinski definition) is 3. The zero-order valence-electron chi connectivity index (χ0n) is 10.4. The van der Waals surface area contributed by atoms with Crippen LogP contribution in [0.5, 0.6) is 0 Å². The van der Waals surface area contributed by atoms with Gasteiger partial charge in [0.15, 0.2) is 0 Å². The first-order valence-electron chi connectivity index (χ1n) is 6.03. The van der Waals surface area contributed by atoms with Crippen molar-refractivity contribution in [2.24, 2.45) is 5.92 Å². The average molecular weight is 254 g/mol. The van der Waals surface area contributed by atoms with Crippen molar-refractivity contribution in [3.8, 4) is 0 Å². The highest BCUT2D eigenvalue weighted by molar-refractivity contribution is 4.79. The van der Waals surface area contributed by atoms with Crippen molar-refractivity contribution in [1.82, 2.24) is 10.2 Å². The van der Waals surface area contributed by atoms with Crippen LogP contribution in [0.15, 0.2) is 0 Å². The van der Waals surface area contributed by atoms with E-state index in [1.54, 1.807) is 0 Å². The fraction of sp³-hybridized carbons (Fsp3) is 1.00. The molecule has 0 spiro atoms. The minimum atomic E-state index is -4.51. The average Bonchev–Trinajstić information content (AvgIpc) is 2.15. The summed E-state index contributed by atoms with van der Waals surface area (Å²) >= 11 is 0. The number of nitrogens with zero attached hydrogens (tertiary/aromatic N) is 1. The van der Waals surface area contributed by atoms with Gasteiger partial charge in [-0.15, -0.1) is 13.2 Å². The molecular formula is C11H21F3N2O. The van der Waals surface area contributed by atoms with E-state index in [4.69, 9.17) is 0 Å². The Morgan fingerprint density at radius 2 is 2.12 bits per heavy atom. The van der Waals surface area contributed by atoms with E-state index in [2.05, 4.69) is 23.9 Å². The molecule has 0 aliphatic carbocycles. The first-order chi connectivity index (χ1) is 7.87. The summed E-state index contributed by atoms with van der Waals surface area (Å²) in [6.07, 6.45) is -3.46. The van der Waals surface area contributed by atoms with E-state index >= 15 is 0 Å². The van der Waals surface area contributed by atoms with Crippen molar-refractivity contribution in [3.63, 3.8) is 0 Å². The van der Waals surface area contributed by atoms with Crippen LogP contribution in [0.4, 0.5) is 13.2 Å². The molecule has 1 unspecified atom stereocenters. The lowest BCUT2D eigenvalue weighted by Gasteiger charge is -2.34. The van der Waals surface area contributed by atoms with Crippen LogP contribution in [0, 0.1) is 5.92 Å². The van der Waals surface area contributed by atoms with E-state index in [0.717, 1.165) is 26.1 Å². The first-order valence-corrected chi connectivity index (χ1v) is 6.03. The summed E-state index contributed by atoms with van der Waals surface area (Å²) in [5.74, 6) is 0.596. The topological polar surface area (TPSA) is 24.5 Å². The molecule has 0 bridgehead atoms. The lowest BCUT2D eigenvalue weighted by atomic mass is 10.0. The number of nitrogens with one attached hydrogen (secondary N) is 1. The van der Waals surface area contributed by atoms with Crippen LogP contribution >= 0.6 is 0 Å². The number of halogens is 3. The predicted octanol–water partition coefficient (Wildman–Crippen LogP) is 1.84. The minimum Gasteiger partial charge on any atom is -0.311 e. The molecule has 3 nitrogen and oxygen atoms in total. The molecule has 1 N–H and O–H groups in total. The summed E-state index contributed by atoms with van der Waals surface area (Å²) in [7, 11) is 0. The molecule has 1 heterocycles. The van der Waals surface area contributed by atoms with Crippen molar-refractivity contribution in [1.29, 1.82) is 0 Å². The molecule has 0 amide bonds. The van der Waals surface area contributed by atoms with Crippen molar-refractivity contribution in [3.05, 3.63) is 0 Å². The van der Waals surface area contributed by atoms with Crippen LogP contribution in [0.3, 0.4) is 0 Å². The molecule has 17 heavy (non-hydrogen) atoms. The predicted molar refractivity (Wildman–Crippen MR) is 59.7 cm³/mol. The van der Waals surface area contributed by atoms with Gasteiger partial charge in [0.2, 0.25) is 0 Å². The van der Waals surface area contributed by atoms with Gasteiger partial charge in [0.05, 0.1) is 6.61 Å². The molecule has 0 aromatic carbocycles. The van der Waals surface area contributed by atoms with Crippen molar-refractivity contribution >= 4 is 0 Å². The first kappa shape index (κ1) is 14.7. The number of hydrogen-bond donors (Lipinski definition) is 1. The molecular weight excluding hydrogens is 233 g/mol. The number of rotatable bonds is 5. The third-order valence-electron chi connectivity index (χ3n) is 2.77. The summed E-state index contributed by atoms with van der Waals surface area (Å²) in [4.78, 5) is 2.02. The lowest BCUT2D eigenvalue weighted by molar-refractivity contribution is -0.325. The van der Waals surface area contributed by atoms with E-state index in [1.165, 1.54) is 0 Å². The van der Waals surface area contributed by atoms with Gasteiger partial charge >= 0.3 is 6.36 Å². The maximum absolute atomic E-state index is 11.8. The maximum atomic E-state index is 11.8. The Labute approximate surface area is 100 Å². The third kappa shape index (κ3) is 6.85. The van der Waals surface area contributed by atoms with E-state index in [0.29, 0.717) is 18.5 Å². The van der Waals surface area contributed by atoms with Crippen molar-refractivity contribution in [2.45, 2.75) is 32.7 Å². The molecule has 1 atom stereocenters. The largest absolute Gasteiger partial charge is 0.522 e. The fourth-order valence-corrected chi connectivity index (χ4v) is 2.11. The molecule has 1 aliphatic heterocycles. The summed E-state index contributed by atoms with van der Waals surface area (Å²) < 4.78 is 39.2. The van der Waals surface area contributed by atoms with Crippen molar-refractivity contribution in [2.75, 3.05) is 32.8 Å². The molecule has 1 rings (SSSR count). The van der Waals surface area contributed by atoms with E-state index < -0.39 is 6.36 Å². The quantitative estimate of drug-likeness (QED) is 0.810. The van der Waals surface area contributed by atoms with Gasteiger partial charge in [-0.1, -0.05) is 13.8 Å². The van der Waals surface area contributed by atoms with Gasteiger partial charge in [0, 0.05) is 32.2 Å². The van der Waals surface area contributed by atoms with Crippen LogP contribution < -0.4 is 5.32 Å². The maximum Gasteiger partial charge on any atom is 0.522 e. The van der Waals surface area contributed by atoms with Crippen molar-refractivity contribution < 1.29 is 17.9 Å². The van der Waals surface area contributed by atoms with Crippen LogP contribution in [-0.4, -0.2) is 50.1 Å². The smallest absolute Gasteiger partial charge is 0.311 e. The van der Waals surface area contributed by atoms with Crippen LogP contribution in [-0.2, 0) is 4.74 Å². The van der Waals surface area contributed by atoms with Gasteiger partial charge in [-0.05, 0) is 12.3 Å². The Morgan fingerprint density at radius 3 is 2.71 bits per heavy atom. The Balaban J connectivity index is 2.20. The zero-order chi connectivity index (χ0) is 12.9. The molecule has 1 aliphatic rings. The molecule has 0 radical (unpaired) electrons. The number of ether oxygens (including phenoxy) is 1. The summed E-state index contributed by atoms with van der Waals surface area (Å²) in [6.45, 7) is 6.78. The molecule has 0 saturated carbocycles. The summed E-state index contributed by atoms with van der Waals surface area (Å²) in [5.41, 5.74) is 0. The molecule has 102 valence electrons. The highest BCUT2D eigenvalue weighted by Crippen LogP contribution is 2.16. The Kier molecular flexibility index (Phi) is 5.69. The monoisotopic (exact) mass is 254 g/mol. The third-order valence-corrected chi connectivity index (χ3v) is 2.77. The second kappa shape index (κ2) is 6.56. The normalized spacial score (nSPS) is 23.3. The SMILES string of the molecule is CC(C)CC1CN(CCOC(F)(F)F)CCN1. The molecule has 0 aromatic rings. The molecule has 6 heteroatoms. The number of alkyl halides is 3. The van der Waals surface area contributed by atoms with Gasteiger partial charge in [-0.3, -0.25) is 9.64 Å². The summed E-state index contributed by atoms with van der Waals surface area (Å²) in [6, 6.07) is 0.384. The van der Waals surface area contributed by atoms with Crippen LogP contribution in [0.25, 0.3) is 0 Å². The van der Waals surface area contributed by atoms with E-state index in [1.807, 2.05) is 4.90 Å². The lowest BCUT2D eigenvalue weighted by Crippen LogP contribution is -2.51. The standard InChI is InChI=1S/C11H21F3N2O/c1-9(2)7-10-8-16(4-3-15-10)5-6-17-11(12,13)14/h9-10,15H,3-8H2,1-2H3. The fourth-order valence-electron chi connectivity index (χ4n) is 2.11. The Morgan fingerprint density at radius 1 is 1.41 bits per heavy atom. The molecule has 1 saturated heterocycles. The van der Waals surface area contributed by atoms with Crippen LogP contribution in [0.1, 0.15) is 20.3 Å². The minimum absolute atomic E-state index is 0.280. The second-order valence-corrected chi connectivity index (χ2v) is 4.88. The van der Waals surface area contributed by atoms with E-state index in [9.17, 15) is 13.2 Å². The Bertz CT molecular complexity index is 221. The zero-order valence-corrected chi connectivity index (χ0v) is 10.4. The van der Waals surface area contributed by atoms with Gasteiger partial charge in [-0.2, -0.15) is 0 Å². The van der Waals surface area contributed by atoms with E-state index in [-0.39, 0.29) is 6.61 Å².